The summed E-state index contributed by atoms with van der Waals surface area (Å²) in [5, 5.41) is 18.5. The summed E-state index contributed by atoms with van der Waals surface area (Å²) in [5.74, 6) is -13.8. The van der Waals surface area contributed by atoms with E-state index in [2.05, 4.69) is 17.6 Å². The van der Waals surface area contributed by atoms with Crippen LogP contribution in [-0.4, -0.2) is 110 Å². The Morgan fingerprint density at radius 2 is 1.00 bits per heavy atom. The lowest BCUT2D eigenvalue weighted by atomic mass is 10.1. The zero-order chi connectivity index (χ0) is 49.2. The maximum Gasteiger partial charge on any atom is 0.340 e. The number of aromatic hydroxyl groups is 2. The van der Waals surface area contributed by atoms with E-state index in [1.54, 1.807) is 17.0 Å². The average molecular weight is 1150 g/mol. The number of phenols is 2. The second-order valence-electron chi connectivity index (χ2n) is 12.3. The van der Waals surface area contributed by atoms with Crippen molar-refractivity contribution in [3.05, 3.63) is 82.1 Å². The number of nitrogens with two attached hydrogens (primary N) is 2. The highest BCUT2D eigenvalue weighted by Crippen LogP contribution is 2.44. The highest BCUT2D eigenvalue weighted by Gasteiger charge is 2.28. The quantitative estimate of drug-likeness (QED) is 0.00887. The van der Waals surface area contributed by atoms with Crippen molar-refractivity contribution < 1.29 is 63.5 Å². The molecule has 0 saturated heterocycles. The molecule has 2 unspecified atom stereocenters. The lowest BCUT2D eigenvalue weighted by molar-refractivity contribution is 0.281. The van der Waals surface area contributed by atoms with E-state index in [4.69, 9.17) is 76.7 Å². The van der Waals surface area contributed by atoms with Crippen LogP contribution in [0.3, 0.4) is 0 Å². The molecule has 0 aliphatic carbocycles. The number of pyridine rings is 1. The standard InChI is InChI=1S/C15H21Cl2F4N2O3PS2.C11H18Cl2N3O2PS2.C9H8F4OS/c16-3-5-23(6-4-17)27(22,25)26-7-9-29-28-8-1-2-10-11(18)13(20)15(24)14(21)12(10)19;12-4-7-16(8-5-13)19(14,17)18-9-10-20-21-11-3-1-2-6-15-11;10-5-4(2-1-3-15)6(11)8(13)9(14)7(5)12/h24H,1-9H2,(H2,22,25);1-3,6H,4-5,7-10H2,(H2,14,17);14-15H,1-3H2. The third-order valence-electron chi connectivity index (χ3n) is 7.81. The lowest BCUT2D eigenvalue weighted by Gasteiger charge is -2.26. The minimum absolute atomic E-state index is 0.101. The third-order valence-corrected chi connectivity index (χ3v) is 17.0. The van der Waals surface area contributed by atoms with Gasteiger partial charge in [0, 0.05) is 84.3 Å². The maximum atomic E-state index is 13.6. The van der Waals surface area contributed by atoms with E-state index in [0.29, 0.717) is 54.5 Å². The molecule has 6 N–H and O–H groups in total. The maximum absolute atomic E-state index is 13.6. The number of hydrogen-bond acceptors (Lipinski definition) is 12. The fraction of sp³-hybridized carbons (Fsp3) is 0.514. The van der Waals surface area contributed by atoms with Crippen molar-refractivity contribution in [1.29, 1.82) is 0 Å². The normalized spacial score (nSPS) is 13.2. The zero-order valence-electron chi connectivity index (χ0n) is 34.1. The number of rotatable bonds is 28. The number of hydrogen-bond donors (Lipinski definition) is 5. The second kappa shape index (κ2) is 34.1. The van der Waals surface area contributed by atoms with E-state index in [0.717, 1.165) is 5.03 Å². The van der Waals surface area contributed by atoms with Crippen LogP contribution in [0.15, 0.2) is 29.4 Å². The number of nitrogens with zero attached hydrogens (tertiary/aromatic N) is 3. The Kier molecular flexibility index (Phi) is 33.0. The van der Waals surface area contributed by atoms with Gasteiger partial charge in [0.1, 0.15) is 5.03 Å². The highest BCUT2D eigenvalue weighted by molar-refractivity contribution is 8.77. The summed E-state index contributed by atoms with van der Waals surface area (Å²) in [5.41, 5.74) is 10.0. The minimum Gasteiger partial charge on any atom is -0.503 e. The van der Waals surface area contributed by atoms with Crippen LogP contribution < -0.4 is 11.0 Å². The summed E-state index contributed by atoms with van der Waals surface area (Å²) < 4.78 is 144. The molecule has 2 atom stereocenters. The van der Waals surface area contributed by atoms with Gasteiger partial charge in [-0.3, -0.25) is 9.13 Å². The first-order valence-electron chi connectivity index (χ1n) is 18.7. The summed E-state index contributed by atoms with van der Waals surface area (Å²) >= 11 is 26.4. The van der Waals surface area contributed by atoms with E-state index in [-0.39, 0.29) is 57.1 Å². The predicted molar refractivity (Wildman–Crippen MR) is 255 cm³/mol. The number of phenolic OH excluding ortho intramolecular Hbond substituents is 2. The molecule has 0 aliphatic rings. The van der Waals surface area contributed by atoms with Crippen LogP contribution in [-0.2, 0) is 31.0 Å². The van der Waals surface area contributed by atoms with Gasteiger partial charge in [0.2, 0.25) is 23.3 Å². The smallest absolute Gasteiger partial charge is 0.340 e. The Bertz CT molecular complexity index is 1910. The molecule has 0 radical (unpaired) electrons. The molecule has 2 aromatic carbocycles. The van der Waals surface area contributed by atoms with Crippen molar-refractivity contribution in [3.63, 3.8) is 0 Å². The first-order valence-corrected chi connectivity index (χ1v) is 29.6. The molecular formula is C35H47Cl4F8N5O6P2S5. The monoisotopic (exact) mass is 1150 g/mol. The molecule has 1 aromatic heterocycles. The molecule has 1 heterocycles. The summed E-state index contributed by atoms with van der Waals surface area (Å²) in [7, 11) is -1.01. The zero-order valence-corrected chi connectivity index (χ0v) is 43.0. The fourth-order valence-corrected chi connectivity index (χ4v) is 12.5. The van der Waals surface area contributed by atoms with Gasteiger partial charge in [0.15, 0.2) is 34.8 Å². The molecule has 0 saturated carbocycles. The molecule has 3 aromatic rings. The molecule has 0 amide bonds. The largest absolute Gasteiger partial charge is 0.503 e. The van der Waals surface area contributed by atoms with Crippen molar-refractivity contribution in [2.24, 2.45) is 11.0 Å². The Hall–Kier alpha value is -0.240. The molecule has 30 heteroatoms. The fourth-order valence-electron chi connectivity index (χ4n) is 4.69. The van der Waals surface area contributed by atoms with E-state index in [1.165, 1.54) is 41.7 Å². The van der Waals surface area contributed by atoms with Gasteiger partial charge in [-0.2, -0.15) is 30.2 Å². The van der Waals surface area contributed by atoms with E-state index in [9.17, 15) is 44.3 Å². The van der Waals surface area contributed by atoms with Gasteiger partial charge >= 0.3 is 15.3 Å². The SMILES string of the molecule is NP(=O)(OCCSSCCCc1c(F)c(F)c(O)c(F)c1F)N(CCCl)CCCl.NP(=O)(OCCSSc1ccccn1)N(CCCl)CCCl.Oc1c(F)c(F)c(CCCS)c(F)c1F. The van der Waals surface area contributed by atoms with Crippen LogP contribution in [0.25, 0.3) is 0 Å². The van der Waals surface area contributed by atoms with Crippen molar-refractivity contribution in [2.75, 3.05) is 85.9 Å². The van der Waals surface area contributed by atoms with Gasteiger partial charge in [0.05, 0.1) is 13.2 Å². The van der Waals surface area contributed by atoms with Crippen LogP contribution in [0.1, 0.15) is 24.0 Å². The topological polar surface area (TPSA) is 164 Å². The summed E-state index contributed by atoms with van der Waals surface area (Å²) in [6.45, 7) is 1.71. The second-order valence-corrected chi connectivity index (χ2v) is 23.3. The molecule has 0 bridgehead atoms. The number of alkyl halides is 4. The van der Waals surface area contributed by atoms with Crippen molar-refractivity contribution >= 4 is 118 Å². The van der Waals surface area contributed by atoms with Gasteiger partial charge < -0.3 is 19.3 Å². The first-order chi connectivity index (χ1) is 30.8. The van der Waals surface area contributed by atoms with E-state index in [1.807, 2.05) is 18.2 Å². The Morgan fingerprint density at radius 1 is 0.615 bits per heavy atom. The molecule has 372 valence electrons. The molecule has 65 heavy (non-hydrogen) atoms. The summed E-state index contributed by atoms with van der Waals surface area (Å²) in [4.78, 5) is 4.19. The first kappa shape index (κ1) is 62.8. The van der Waals surface area contributed by atoms with Gasteiger partial charge in [-0.25, -0.2) is 42.9 Å². The van der Waals surface area contributed by atoms with Crippen LogP contribution in [0.4, 0.5) is 35.1 Å². The van der Waals surface area contributed by atoms with Gasteiger partial charge in [-0.05, 0) is 54.4 Å². The van der Waals surface area contributed by atoms with Crippen LogP contribution in [0.2, 0.25) is 0 Å². The van der Waals surface area contributed by atoms with E-state index < -0.39 is 84.5 Å². The van der Waals surface area contributed by atoms with Gasteiger partial charge in [-0.1, -0.05) is 38.4 Å². The molecular weight excluding hydrogens is 1100 g/mol. The van der Waals surface area contributed by atoms with Crippen LogP contribution in [0.5, 0.6) is 11.5 Å². The summed E-state index contributed by atoms with van der Waals surface area (Å²) in [6, 6.07) is 5.72. The molecule has 0 aliphatic heterocycles. The van der Waals surface area contributed by atoms with Crippen molar-refractivity contribution in [3.8, 4) is 11.5 Å². The lowest BCUT2D eigenvalue weighted by Crippen LogP contribution is -2.29. The summed E-state index contributed by atoms with van der Waals surface area (Å²) in [6.07, 6.45) is 1.85. The van der Waals surface area contributed by atoms with Crippen molar-refractivity contribution in [1.82, 2.24) is 14.3 Å². The number of thiol groups is 1. The molecule has 0 spiro atoms. The van der Waals surface area contributed by atoms with Crippen LogP contribution >= 0.6 is 118 Å². The Labute approximate surface area is 413 Å². The minimum atomic E-state index is -3.49. The third kappa shape index (κ3) is 22.2. The van der Waals surface area contributed by atoms with Gasteiger partial charge in [0.25, 0.3) is 0 Å². The Morgan fingerprint density at radius 3 is 1.37 bits per heavy atom. The van der Waals surface area contributed by atoms with Crippen LogP contribution in [0, 0.1) is 46.5 Å². The predicted octanol–water partition coefficient (Wildman–Crippen LogP) is 11.6. The average Bonchev–Trinajstić information content (AvgIpc) is 3.28. The number of halogens is 12. The molecule has 3 rings (SSSR count). The van der Waals surface area contributed by atoms with Crippen molar-refractivity contribution in [2.45, 2.75) is 30.7 Å². The molecule has 0 fully saturated rings. The van der Waals surface area contributed by atoms with Gasteiger partial charge in [-0.15, -0.1) is 46.4 Å². The highest BCUT2D eigenvalue weighted by atomic mass is 35.5. The number of aromatic nitrogens is 1. The Balaban J connectivity index is 0.000000514. The number of benzene rings is 2. The van der Waals surface area contributed by atoms with E-state index >= 15 is 0 Å². The molecule has 11 nitrogen and oxygen atoms in total.